The average molecular weight is 196 g/mol. The third-order valence-electron chi connectivity index (χ3n) is 1.95. The Morgan fingerprint density at radius 3 is 3.00 bits per heavy atom. The molecule has 0 aliphatic carbocycles. The molecule has 0 spiro atoms. The molecule has 0 aromatic carbocycles. The van der Waals surface area contributed by atoms with Crippen molar-refractivity contribution in [2.24, 2.45) is 4.99 Å². The Labute approximate surface area is 83.2 Å². The van der Waals surface area contributed by atoms with Crippen LogP contribution in [0.15, 0.2) is 11.2 Å². The van der Waals surface area contributed by atoms with E-state index in [1.54, 1.807) is 6.20 Å². The van der Waals surface area contributed by atoms with Crippen LogP contribution in [0.5, 0.6) is 0 Å². The molecular formula is C9H16N4O. The lowest BCUT2D eigenvalue weighted by Gasteiger charge is -2.02. The minimum atomic E-state index is 0.569. The van der Waals surface area contributed by atoms with Gasteiger partial charge in [0.15, 0.2) is 5.82 Å². The molecule has 14 heavy (non-hydrogen) atoms. The average Bonchev–Trinajstić information content (AvgIpc) is 2.59. The molecule has 5 heteroatoms. The van der Waals surface area contributed by atoms with Crippen molar-refractivity contribution in [2.75, 3.05) is 0 Å². The van der Waals surface area contributed by atoms with Crippen molar-refractivity contribution in [3.63, 3.8) is 0 Å². The summed E-state index contributed by atoms with van der Waals surface area (Å²) in [4.78, 5) is 4.21. The quantitative estimate of drug-likeness (QED) is 0.391. The van der Waals surface area contributed by atoms with Gasteiger partial charge in [0.25, 0.3) is 0 Å². The molecule has 0 saturated carbocycles. The number of aromatic nitrogens is 2. The van der Waals surface area contributed by atoms with Crippen molar-refractivity contribution in [2.45, 2.75) is 33.1 Å². The first-order valence-corrected chi connectivity index (χ1v) is 4.75. The Kier molecular flexibility index (Phi) is 4.12. The number of aromatic amines is 1. The number of amidine groups is 1. The van der Waals surface area contributed by atoms with E-state index >= 15 is 0 Å². The molecule has 0 saturated heterocycles. The van der Waals surface area contributed by atoms with Crippen LogP contribution in [0.3, 0.4) is 0 Å². The SMILES string of the molecule is CCCC/C(=N\c1[nH]ncc1C)NO. The number of aryl methyl sites for hydroxylation is 1. The first-order valence-electron chi connectivity index (χ1n) is 4.75. The fraction of sp³-hybridized carbons (Fsp3) is 0.556. The van der Waals surface area contributed by atoms with Gasteiger partial charge in [-0.15, -0.1) is 0 Å². The summed E-state index contributed by atoms with van der Waals surface area (Å²) in [5.74, 6) is 1.26. The molecule has 1 heterocycles. The van der Waals surface area contributed by atoms with Gasteiger partial charge >= 0.3 is 0 Å². The summed E-state index contributed by atoms with van der Waals surface area (Å²) >= 11 is 0. The van der Waals surface area contributed by atoms with Gasteiger partial charge in [0.1, 0.15) is 5.84 Å². The molecule has 1 rings (SSSR count). The van der Waals surface area contributed by atoms with Crippen LogP contribution < -0.4 is 5.48 Å². The van der Waals surface area contributed by atoms with Gasteiger partial charge in [-0.3, -0.25) is 15.8 Å². The van der Waals surface area contributed by atoms with E-state index in [2.05, 4.69) is 27.6 Å². The van der Waals surface area contributed by atoms with Gasteiger partial charge in [0, 0.05) is 12.0 Å². The number of hydrogen-bond donors (Lipinski definition) is 3. The number of nitrogens with one attached hydrogen (secondary N) is 2. The molecule has 0 aliphatic rings. The van der Waals surface area contributed by atoms with Gasteiger partial charge in [-0.1, -0.05) is 13.3 Å². The number of hydroxylamine groups is 1. The van der Waals surface area contributed by atoms with E-state index in [1.165, 1.54) is 0 Å². The lowest BCUT2D eigenvalue weighted by Crippen LogP contribution is -2.18. The van der Waals surface area contributed by atoms with E-state index in [0.717, 1.165) is 24.8 Å². The largest absolute Gasteiger partial charge is 0.290 e. The fourth-order valence-corrected chi connectivity index (χ4v) is 1.07. The predicted molar refractivity (Wildman–Crippen MR) is 54.9 cm³/mol. The molecule has 1 aromatic heterocycles. The van der Waals surface area contributed by atoms with E-state index in [4.69, 9.17) is 5.21 Å². The van der Waals surface area contributed by atoms with Crippen molar-refractivity contribution in [3.8, 4) is 0 Å². The fourth-order valence-electron chi connectivity index (χ4n) is 1.07. The predicted octanol–water partition coefficient (Wildman–Crippen LogP) is 1.92. The van der Waals surface area contributed by atoms with Crippen molar-refractivity contribution >= 4 is 11.7 Å². The smallest absolute Gasteiger partial charge is 0.152 e. The first kappa shape index (κ1) is 10.7. The zero-order valence-corrected chi connectivity index (χ0v) is 8.54. The Bertz CT molecular complexity index is 306. The highest BCUT2D eigenvalue weighted by Gasteiger charge is 2.01. The molecule has 3 N–H and O–H groups in total. The summed E-state index contributed by atoms with van der Waals surface area (Å²) in [6, 6.07) is 0. The van der Waals surface area contributed by atoms with Crippen LogP contribution in [0.2, 0.25) is 0 Å². The number of aliphatic imine (C=N–C) groups is 1. The normalized spacial score (nSPS) is 11.8. The van der Waals surface area contributed by atoms with Crippen molar-refractivity contribution in [1.82, 2.24) is 15.7 Å². The molecule has 5 nitrogen and oxygen atoms in total. The number of hydrogen-bond acceptors (Lipinski definition) is 3. The highest BCUT2D eigenvalue weighted by atomic mass is 16.5. The Balaban J connectivity index is 2.68. The summed E-state index contributed by atoms with van der Waals surface area (Å²) < 4.78 is 0. The standard InChI is InChI=1S/C9H16N4O/c1-3-4-5-8(13-14)11-9-7(2)6-10-12-9/h6,14H,3-5H2,1-2H3,(H2,10,11,12,13). The molecule has 0 unspecified atom stereocenters. The van der Waals surface area contributed by atoms with Gasteiger partial charge in [0.05, 0.1) is 6.20 Å². The maximum Gasteiger partial charge on any atom is 0.152 e. The Hall–Kier alpha value is -1.36. The molecular weight excluding hydrogens is 180 g/mol. The van der Waals surface area contributed by atoms with E-state index < -0.39 is 0 Å². The van der Waals surface area contributed by atoms with Crippen molar-refractivity contribution < 1.29 is 5.21 Å². The van der Waals surface area contributed by atoms with Crippen LogP contribution in [0.1, 0.15) is 31.7 Å². The van der Waals surface area contributed by atoms with Crippen LogP contribution >= 0.6 is 0 Å². The molecule has 0 fully saturated rings. The highest BCUT2D eigenvalue weighted by molar-refractivity contribution is 5.83. The lowest BCUT2D eigenvalue weighted by atomic mass is 10.2. The summed E-state index contributed by atoms with van der Waals surface area (Å²) in [5.41, 5.74) is 3.07. The summed E-state index contributed by atoms with van der Waals surface area (Å²) in [6.45, 7) is 4.01. The maximum absolute atomic E-state index is 8.83. The zero-order chi connectivity index (χ0) is 10.4. The summed E-state index contributed by atoms with van der Waals surface area (Å²) in [6.07, 6.45) is 4.52. The molecule has 78 valence electrons. The van der Waals surface area contributed by atoms with Crippen LogP contribution in [-0.4, -0.2) is 21.2 Å². The van der Waals surface area contributed by atoms with Crippen molar-refractivity contribution in [1.29, 1.82) is 0 Å². The summed E-state index contributed by atoms with van der Waals surface area (Å²) in [7, 11) is 0. The number of nitrogens with zero attached hydrogens (tertiary/aromatic N) is 2. The van der Waals surface area contributed by atoms with Crippen LogP contribution in [0.25, 0.3) is 0 Å². The second kappa shape index (κ2) is 5.39. The van der Waals surface area contributed by atoms with Gasteiger partial charge < -0.3 is 0 Å². The van der Waals surface area contributed by atoms with Crippen LogP contribution in [0, 0.1) is 6.92 Å². The van der Waals surface area contributed by atoms with Gasteiger partial charge in [-0.05, 0) is 13.3 Å². The van der Waals surface area contributed by atoms with Crippen molar-refractivity contribution in [3.05, 3.63) is 11.8 Å². The first-order chi connectivity index (χ1) is 6.77. The minimum absolute atomic E-state index is 0.569. The molecule has 1 aromatic rings. The second-order valence-electron chi connectivity index (χ2n) is 3.18. The van der Waals surface area contributed by atoms with E-state index in [1.807, 2.05) is 6.92 Å². The third kappa shape index (κ3) is 2.85. The number of H-pyrrole nitrogens is 1. The number of rotatable bonds is 4. The lowest BCUT2D eigenvalue weighted by molar-refractivity contribution is 0.231. The second-order valence-corrected chi connectivity index (χ2v) is 3.18. The Morgan fingerprint density at radius 2 is 2.50 bits per heavy atom. The van der Waals surface area contributed by atoms with E-state index in [0.29, 0.717) is 11.7 Å². The maximum atomic E-state index is 8.83. The molecule has 0 aliphatic heterocycles. The third-order valence-corrected chi connectivity index (χ3v) is 1.95. The molecule has 0 atom stereocenters. The van der Waals surface area contributed by atoms with E-state index in [9.17, 15) is 0 Å². The highest BCUT2D eigenvalue weighted by Crippen LogP contribution is 2.13. The van der Waals surface area contributed by atoms with E-state index in [-0.39, 0.29) is 0 Å². The number of unbranched alkanes of at least 4 members (excludes halogenated alkanes) is 1. The van der Waals surface area contributed by atoms with Gasteiger partial charge in [-0.2, -0.15) is 5.10 Å². The Morgan fingerprint density at radius 1 is 1.71 bits per heavy atom. The monoisotopic (exact) mass is 196 g/mol. The zero-order valence-electron chi connectivity index (χ0n) is 8.54. The topological polar surface area (TPSA) is 73.3 Å². The summed E-state index contributed by atoms with van der Waals surface area (Å²) in [5, 5.41) is 15.4. The molecule has 0 bridgehead atoms. The molecule has 0 radical (unpaired) electrons. The van der Waals surface area contributed by atoms with Crippen LogP contribution in [-0.2, 0) is 0 Å². The van der Waals surface area contributed by atoms with Gasteiger partial charge in [0.2, 0.25) is 0 Å². The molecule has 0 amide bonds. The minimum Gasteiger partial charge on any atom is -0.290 e. The van der Waals surface area contributed by atoms with Gasteiger partial charge in [-0.25, -0.2) is 4.99 Å². The van der Waals surface area contributed by atoms with Crippen LogP contribution in [0.4, 0.5) is 5.82 Å².